The van der Waals surface area contributed by atoms with E-state index < -0.39 is 0 Å². The van der Waals surface area contributed by atoms with E-state index in [9.17, 15) is 4.39 Å². The molecule has 1 N–H and O–H groups in total. The highest BCUT2D eigenvalue weighted by atomic mass is 35.5. The molecule has 0 bridgehead atoms. The summed E-state index contributed by atoms with van der Waals surface area (Å²) in [5.41, 5.74) is 0.935. The van der Waals surface area contributed by atoms with E-state index in [0.29, 0.717) is 5.95 Å². The fourth-order valence-electron chi connectivity index (χ4n) is 1.36. The van der Waals surface area contributed by atoms with Gasteiger partial charge in [0.1, 0.15) is 5.82 Å². The molecule has 2 rings (SSSR count). The predicted octanol–water partition coefficient (Wildman–Crippen LogP) is 2.84. The summed E-state index contributed by atoms with van der Waals surface area (Å²) in [6, 6.07) is 6.19. The smallest absolute Gasteiger partial charge is 0.243 e. The second-order valence-electron chi connectivity index (χ2n) is 3.52. The maximum atomic E-state index is 12.8. The highest BCUT2D eigenvalue weighted by Gasteiger charge is 2.07. The van der Waals surface area contributed by atoms with Gasteiger partial charge in [-0.2, -0.15) is 0 Å². The van der Waals surface area contributed by atoms with Crippen molar-refractivity contribution in [1.29, 1.82) is 0 Å². The van der Waals surface area contributed by atoms with E-state index in [4.69, 9.17) is 11.6 Å². The van der Waals surface area contributed by atoms with Gasteiger partial charge < -0.3 is 5.32 Å². The van der Waals surface area contributed by atoms with Crippen LogP contribution in [0.5, 0.6) is 0 Å². The molecule has 0 aliphatic carbocycles. The lowest BCUT2D eigenvalue weighted by Gasteiger charge is -2.13. The summed E-state index contributed by atoms with van der Waals surface area (Å²) in [6.07, 6.45) is 1.41. The number of hydrogen-bond acceptors (Lipinski definition) is 4. The third kappa shape index (κ3) is 3.10. The van der Waals surface area contributed by atoms with E-state index in [1.165, 1.54) is 18.3 Å². The van der Waals surface area contributed by atoms with Crippen molar-refractivity contribution in [3.63, 3.8) is 0 Å². The van der Waals surface area contributed by atoms with Gasteiger partial charge >= 0.3 is 0 Å². The Balaban J connectivity index is 2.08. The van der Waals surface area contributed by atoms with Crippen LogP contribution in [0.4, 0.5) is 10.3 Å². The number of hydrogen-bond donors (Lipinski definition) is 1. The summed E-state index contributed by atoms with van der Waals surface area (Å²) in [6.45, 7) is 1.92. The van der Waals surface area contributed by atoms with E-state index in [1.54, 1.807) is 12.1 Å². The van der Waals surface area contributed by atoms with Gasteiger partial charge in [-0.15, -0.1) is 10.2 Å². The van der Waals surface area contributed by atoms with Gasteiger partial charge in [0.2, 0.25) is 5.95 Å². The summed E-state index contributed by atoms with van der Waals surface area (Å²) in [5.74, 6) is 0.122. The van der Waals surface area contributed by atoms with Gasteiger partial charge in [-0.25, -0.2) is 9.37 Å². The first-order valence-corrected chi connectivity index (χ1v) is 5.40. The second-order valence-corrected chi connectivity index (χ2v) is 3.91. The zero-order chi connectivity index (χ0) is 12.3. The fraction of sp³-hybridized carbons (Fsp3) is 0.182. The summed E-state index contributed by atoms with van der Waals surface area (Å²) in [4.78, 5) is 3.97. The van der Waals surface area contributed by atoms with Crippen molar-refractivity contribution in [3.8, 4) is 0 Å². The molecule has 0 saturated heterocycles. The maximum Gasteiger partial charge on any atom is 0.243 e. The molecule has 1 aromatic heterocycles. The second kappa shape index (κ2) is 5.05. The zero-order valence-electron chi connectivity index (χ0n) is 9.06. The van der Waals surface area contributed by atoms with Gasteiger partial charge in [0.25, 0.3) is 0 Å². The predicted molar refractivity (Wildman–Crippen MR) is 63.3 cm³/mol. The number of aromatic nitrogens is 3. The van der Waals surface area contributed by atoms with Crippen LogP contribution in [-0.2, 0) is 0 Å². The van der Waals surface area contributed by atoms with E-state index in [0.717, 1.165) is 5.56 Å². The van der Waals surface area contributed by atoms with Crippen molar-refractivity contribution in [2.45, 2.75) is 13.0 Å². The Hall–Kier alpha value is -1.75. The molecule has 0 aliphatic rings. The van der Waals surface area contributed by atoms with Crippen molar-refractivity contribution < 1.29 is 4.39 Å². The summed E-state index contributed by atoms with van der Waals surface area (Å²) >= 11 is 5.58. The SMILES string of the molecule is C[C@@H](Nc1ncc(Cl)nn1)c1ccc(F)cc1. The lowest BCUT2D eigenvalue weighted by Crippen LogP contribution is -2.09. The lowest BCUT2D eigenvalue weighted by molar-refractivity contribution is 0.626. The topological polar surface area (TPSA) is 50.7 Å². The largest absolute Gasteiger partial charge is 0.346 e. The van der Waals surface area contributed by atoms with Crippen LogP contribution in [0, 0.1) is 5.82 Å². The molecule has 0 radical (unpaired) electrons. The van der Waals surface area contributed by atoms with Crippen molar-refractivity contribution in [2.75, 3.05) is 5.32 Å². The summed E-state index contributed by atoms with van der Waals surface area (Å²) in [5, 5.41) is 10.7. The molecule has 0 aliphatic heterocycles. The minimum atomic E-state index is -0.259. The van der Waals surface area contributed by atoms with E-state index in [1.807, 2.05) is 6.92 Å². The molecule has 1 aromatic carbocycles. The Morgan fingerprint density at radius 2 is 1.94 bits per heavy atom. The first kappa shape index (κ1) is 11.7. The Morgan fingerprint density at radius 1 is 1.24 bits per heavy atom. The van der Waals surface area contributed by atoms with Gasteiger partial charge in [0.15, 0.2) is 5.15 Å². The van der Waals surface area contributed by atoms with Gasteiger partial charge in [-0.3, -0.25) is 0 Å². The first-order chi connectivity index (χ1) is 8.15. The number of benzene rings is 1. The van der Waals surface area contributed by atoms with Crippen molar-refractivity contribution in [2.24, 2.45) is 0 Å². The highest BCUT2D eigenvalue weighted by molar-refractivity contribution is 6.29. The van der Waals surface area contributed by atoms with Gasteiger partial charge in [-0.05, 0) is 24.6 Å². The molecule has 88 valence electrons. The molecular weight excluding hydrogens is 243 g/mol. The minimum Gasteiger partial charge on any atom is -0.346 e. The first-order valence-electron chi connectivity index (χ1n) is 5.02. The van der Waals surface area contributed by atoms with Gasteiger partial charge in [-0.1, -0.05) is 23.7 Å². The molecule has 0 spiro atoms. The van der Waals surface area contributed by atoms with Crippen LogP contribution in [-0.4, -0.2) is 15.2 Å². The Labute approximate surface area is 103 Å². The van der Waals surface area contributed by atoms with E-state index in [2.05, 4.69) is 20.5 Å². The molecule has 1 heterocycles. The average molecular weight is 253 g/mol. The van der Waals surface area contributed by atoms with E-state index in [-0.39, 0.29) is 17.0 Å². The normalized spacial score (nSPS) is 12.2. The third-order valence-corrected chi connectivity index (χ3v) is 2.42. The van der Waals surface area contributed by atoms with Crippen LogP contribution in [0.15, 0.2) is 30.5 Å². The van der Waals surface area contributed by atoms with Crippen LogP contribution in [0.25, 0.3) is 0 Å². The Kier molecular flexibility index (Phi) is 3.49. The maximum absolute atomic E-state index is 12.8. The standard InChI is InChI=1S/C11H10ClFN4/c1-7(8-2-4-9(13)5-3-8)15-11-14-6-10(12)16-17-11/h2-7H,1H3,(H,14,15,17)/t7-/m1/s1. The molecule has 2 aromatic rings. The quantitative estimate of drug-likeness (QED) is 0.913. The van der Waals surface area contributed by atoms with Crippen molar-refractivity contribution >= 4 is 17.5 Å². The van der Waals surface area contributed by atoms with Crippen LogP contribution in [0.3, 0.4) is 0 Å². The number of nitrogens with zero attached hydrogens (tertiary/aromatic N) is 3. The monoisotopic (exact) mass is 252 g/mol. The Bertz CT molecular complexity index is 486. The van der Waals surface area contributed by atoms with E-state index >= 15 is 0 Å². The molecule has 0 amide bonds. The molecule has 0 unspecified atom stereocenters. The van der Waals surface area contributed by atoms with Gasteiger partial charge in [0.05, 0.1) is 12.2 Å². The van der Waals surface area contributed by atoms with Crippen LogP contribution in [0.2, 0.25) is 5.15 Å². The fourth-order valence-corrected chi connectivity index (χ4v) is 1.44. The number of rotatable bonds is 3. The van der Waals surface area contributed by atoms with Crippen LogP contribution < -0.4 is 5.32 Å². The summed E-state index contributed by atoms with van der Waals surface area (Å²) < 4.78 is 12.8. The average Bonchev–Trinajstić information content (AvgIpc) is 2.33. The molecular formula is C11H10ClFN4. The van der Waals surface area contributed by atoms with Crippen LogP contribution in [0.1, 0.15) is 18.5 Å². The molecule has 6 heteroatoms. The zero-order valence-corrected chi connectivity index (χ0v) is 9.82. The molecule has 17 heavy (non-hydrogen) atoms. The minimum absolute atomic E-state index is 0.0430. The lowest BCUT2D eigenvalue weighted by atomic mass is 10.1. The summed E-state index contributed by atoms with van der Waals surface area (Å²) in [7, 11) is 0. The third-order valence-electron chi connectivity index (χ3n) is 2.25. The molecule has 0 fully saturated rings. The number of anilines is 1. The Morgan fingerprint density at radius 3 is 2.53 bits per heavy atom. The van der Waals surface area contributed by atoms with Crippen molar-refractivity contribution in [3.05, 3.63) is 47.0 Å². The van der Waals surface area contributed by atoms with Gasteiger partial charge in [0, 0.05) is 0 Å². The molecule has 1 atom stereocenters. The molecule has 4 nitrogen and oxygen atoms in total. The molecule has 0 saturated carbocycles. The highest BCUT2D eigenvalue weighted by Crippen LogP contribution is 2.16. The van der Waals surface area contributed by atoms with Crippen LogP contribution >= 0.6 is 11.6 Å². The number of nitrogens with one attached hydrogen (secondary N) is 1. The number of halogens is 2. The van der Waals surface area contributed by atoms with Crippen molar-refractivity contribution in [1.82, 2.24) is 15.2 Å².